The summed E-state index contributed by atoms with van der Waals surface area (Å²) >= 11 is 0. The first-order chi connectivity index (χ1) is 13.7. The number of nitrogens with two attached hydrogens (primary N) is 1. The van der Waals surface area contributed by atoms with Crippen molar-refractivity contribution in [2.45, 2.75) is 56.0 Å². The zero-order chi connectivity index (χ0) is 19.4. The molecule has 1 aliphatic heterocycles. The fourth-order valence-corrected chi connectivity index (χ4v) is 5.11. The van der Waals surface area contributed by atoms with E-state index in [1.807, 2.05) is 30.3 Å². The second-order valence-corrected chi connectivity index (χ2v) is 8.34. The number of piperidine rings is 1. The number of carbonyl (C=O) groups is 1. The molecule has 4 nitrogen and oxygen atoms in total. The van der Waals surface area contributed by atoms with Crippen LogP contribution in [0.25, 0.3) is 0 Å². The third kappa shape index (κ3) is 3.93. The lowest BCUT2D eigenvalue weighted by Crippen LogP contribution is -2.59. The van der Waals surface area contributed by atoms with Gasteiger partial charge in [0.1, 0.15) is 5.54 Å². The van der Waals surface area contributed by atoms with E-state index in [1.165, 1.54) is 31.2 Å². The molecule has 0 spiro atoms. The van der Waals surface area contributed by atoms with Crippen LogP contribution in [0.4, 0.5) is 5.69 Å². The van der Waals surface area contributed by atoms with Gasteiger partial charge in [0.25, 0.3) is 0 Å². The van der Waals surface area contributed by atoms with Gasteiger partial charge in [-0.3, -0.25) is 9.69 Å². The van der Waals surface area contributed by atoms with Gasteiger partial charge in [-0.25, -0.2) is 0 Å². The van der Waals surface area contributed by atoms with Crippen molar-refractivity contribution in [3.63, 3.8) is 0 Å². The van der Waals surface area contributed by atoms with E-state index in [1.54, 1.807) is 0 Å². The molecule has 1 saturated carbocycles. The number of benzene rings is 2. The highest BCUT2D eigenvalue weighted by molar-refractivity contribution is 5.88. The van der Waals surface area contributed by atoms with Gasteiger partial charge in [0.05, 0.1) is 0 Å². The molecule has 1 amide bonds. The molecule has 2 aromatic carbocycles. The Labute approximate surface area is 168 Å². The molecule has 2 atom stereocenters. The average molecular weight is 378 g/mol. The number of hydrogen-bond acceptors (Lipinski definition) is 3. The maximum atomic E-state index is 12.4. The lowest BCUT2D eigenvalue weighted by atomic mass is 9.77. The van der Waals surface area contributed by atoms with Crippen LogP contribution in [0.5, 0.6) is 0 Å². The second-order valence-electron chi connectivity index (χ2n) is 8.34. The Bertz CT molecular complexity index is 769. The van der Waals surface area contributed by atoms with Crippen molar-refractivity contribution in [2.24, 2.45) is 5.73 Å². The number of amides is 1. The third-order valence-corrected chi connectivity index (χ3v) is 6.71. The van der Waals surface area contributed by atoms with Crippen molar-refractivity contribution in [1.82, 2.24) is 4.90 Å². The molecule has 2 unspecified atom stereocenters. The first-order valence-corrected chi connectivity index (χ1v) is 10.6. The third-order valence-electron chi connectivity index (χ3n) is 6.71. The van der Waals surface area contributed by atoms with E-state index in [2.05, 4.69) is 40.5 Å². The highest BCUT2D eigenvalue weighted by Gasteiger charge is 2.42. The Morgan fingerprint density at radius 3 is 2.18 bits per heavy atom. The molecule has 4 rings (SSSR count). The minimum Gasteiger partial charge on any atom is -0.371 e. The Morgan fingerprint density at radius 1 is 0.929 bits per heavy atom. The topological polar surface area (TPSA) is 58.4 Å². The number of para-hydroxylation sites is 1. The number of hydrogen-bond donors (Lipinski definition) is 2. The summed E-state index contributed by atoms with van der Waals surface area (Å²) in [5.74, 6) is 0.359. The van der Waals surface area contributed by atoms with Crippen molar-refractivity contribution in [2.75, 3.05) is 18.4 Å². The first kappa shape index (κ1) is 19.0. The molecule has 3 N–H and O–H groups in total. The van der Waals surface area contributed by atoms with Crippen LogP contribution in [-0.4, -0.2) is 35.5 Å². The molecule has 2 fully saturated rings. The fourth-order valence-electron chi connectivity index (χ4n) is 5.11. The summed E-state index contributed by atoms with van der Waals surface area (Å²) in [6.45, 7) is 1.83. The molecule has 0 bridgehead atoms. The lowest BCUT2D eigenvalue weighted by Gasteiger charge is -2.47. The normalized spacial score (nSPS) is 25.1. The molecule has 1 aliphatic carbocycles. The highest BCUT2D eigenvalue weighted by Crippen LogP contribution is 2.38. The van der Waals surface area contributed by atoms with E-state index in [9.17, 15) is 4.79 Å². The molecule has 2 aliphatic rings. The molecule has 2 aromatic rings. The molecular formula is C24H31N3O. The summed E-state index contributed by atoms with van der Waals surface area (Å²) < 4.78 is 0. The highest BCUT2D eigenvalue weighted by atomic mass is 16.1. The summed E-state index contributed by atoms with van der Waals surface area (Å²) in [4.78, 5) is 15.0. The summed E-state index contributed by atoms with van der Waals surface area (Å²) in [5, 5.41) is 3.46. The smallest absolute Gasteiger partial charge is 0.243 e. The van der Waals surface area contributed by atoms with Crippen LogP contribution >= 0.6 is 0 Å². The number of anilines is 1. The number of nitrogens with zero attached hydrogens (tertiary/aromatic N) is 1. The molecule has 0 aromatic heterocycles. The monoisotopic (exact) mass is 377 g/mol. The molecule has 4 heteroatoms. The molecule has 28 heavy (non-hydrogen) atoms. The van der Waals surface area contributed by atoms with Gasteiger partial charge >= 0.3 is 0 Å². The van der Waals surface area contributed by atoms with E-state index in [-0.39, 0.29) is 5.91 Å². The van der Waals surface area contributed by atoms with Crippen LogP contribution < -0.4 is 11.1 Å². The van der Waals surface area contributed by atoms with Crippen molar-refractivity contribution in [3.8, 4) is 0 Å². The van der Waals surface area contributed by atoms with Gasteiger partial charge in [-0.2, -0.15) is 0 Å². The van der Waals surface area contributed by atoms with E-state index in [0.29, 0.717) is 12.0 Å². The standard InChI is InChI=1S/C24H31N3O/c25-23(28)24(26-20-11-5-2-6-12-20)15-17-27(18-16-24)22-14-8-7-13-21(22)19-9-3-1-4-10-19/h1-6,9-12,21-22,26H,7-8,13-18H2,(H2,25,28). The Morgan fingerprint density at radius 2 is 1.54 bits per heavy atom. The molecule has 1 saturated heterocycles. The van der Waals surface area contributed by atoms with Gasteiger partial charge in [-0.1, -0.05) is 61.4 Å². The zero-order valence-corrected chi connectivity index (χ0v) is 16.5. The predicted molar refractivity (Wildman–Crippen MR) is 114 cm³/mol. The maximum absolute atomic E-state index is 12.4. The summed E-state index contributed by atoms with van der Waals surface area (Å²) in [6, 6.07) is 21.5. The Hall–Kier alpha value is -2.33. The largest absolute Gasteiger partial charge is 0.371 e. The van der Waals surface area contributed by atoms with Crippen molar-refractivity contribution in [1.29, 1.82) is 0 Å². The van der Waals surface area contributed by atoms with Gasteiger partial charge in [0, 0.05) is 24.8 Å². The fraction of sp³-hybridized carbons (Fsp3) is 0.458. The quantitative estimate of drug-likeness (QED) is 0.823. The van der Waals surface area contributed by atoms with Crippen LogP contribution in [0.15, 0.2) is 60.7 Å². The Kier molecular flexibility index (Phi) is 5.67. The number of carbonyl (C=O) groups excluding carboxylic acids is 1. The molecule has 148 valence electrons. The van der Waals surface area contributed by atoms with Crippen molar-refractivity contribution in [3.05, 3.63) is 66.2 Å². The van der Waals surface area contributed by atoms with Gasteiger partial charge in [-0.05, 0) is 49.3 Å². The van der Waals surface area contributed by atoms with E-state index in [0.717, 1.165) is 31.6 Å². The lowest BCUT2D eigenvalue weighted by molar-refractivity contribution is -0.124. The van der Waals surface area contributed by atoms with E-state index < -0.39 is 5.54 Å². The summed E-state index contributed by atoms with van der Waals surface area (Å²) in [5.41, 5.74) is 7.66. The van der Waals surface area contributed by atoms with Crippen molar-refractivity contribution < 1.29 is 4.79 Å². The van der Waals surface area contributed by atoms with E-state index >= 15 is 0 Å². The minimum atomic E-state index is -0.644. The molecule has 1 heterocycles. The second kappa shape index (κ2) is 8.36. The minimum absolute atomic E-state index is 0.237. The number of nitrogens with one attached hydrogen (secondary N) is 1. The number of primary amides is 1. The predicted octanol–water partition coefficient (Wildman–Crippen LogP) is 4.14. The zero-order valence-electron chi connectivity index (χ0n) is 16.5. The molecule has 0 radical (unpaired) electrons. The van der Waals surface area contributed by atoms with Gasteiger partial charge < -0.3 is 11.1 Å². The number of rotatable bonds is 5. The van der Waals surface area contributed by atoms with Crippen LogP contribution in [0.3, 0.4) is 0 Å². The maximum Gasteiger partial charge on any atom is 0.243 e. The SMILES string of the molecule is NC(=O)C1(Nc2ccccc2)CCN(C2CCCCC2c2ccccc2)CC1. The van der Waals surface area contributed by atoms with Gasteiger partial charge in [0.15, 0.2) is 0 Å². The van der Waals surface area contributed by atoms with Crippen LogP contribution in [0, 0.1) is 0 Å². The Balaban J connectivity index is 1.48. The first-order valence-electron chi connectivity index (χ1n) is 10.6. The number of likely N-dealkylation sites (tertiary alicyclic amines) is 1. The van der Waals surface area contributed by atoms with Gasteiger partial charge in [0.2, 0.25) is 5.91 Å². The van der Waals surface area contributed by atoms with Crippen molar-refractivity contribution >= 4 is 11.6 Å². The van der Waals surface area contributed by atoms with Crippen LogP contribution in [0.2, 0.25) is 0 Å². The molecular weight excluding hydrogens is 346 g/mol. The summed E-state index contributed by atoms with van der Waals surface area (Å²) in [7, 11) is 0. The van der Waals surface area contributed by atoms with Crippen LogP contribution in [0.1, 0.15) is 50.0 Å². The van der Waals surface area contributed by atoms with E-state index in [4.69, 9.17) is 5.73 Å². The van der Waals surface area contributed by atoms with Gasteiger partial charge in [-0.15, -0.1) is 0 Å². The summed E-state index contributed by atoms with van der Waals surface area (Å²) in [6.07, 6.45) is 6.63. The average Bonchev–Trinajstić information content (AvgIpc) is 2.75. The van der Waals surface area contributed by atoms with Crippen LogP contribution in [-0.2, 0) is 4.79 Å².